The maximum atomic E-state index is 11.2. The van der Waals surface area contributed by atoms with Gasteiger partial charge in [0, 0.05) is 6.42 Å². The lowest BCUT2D eigenvalue weighted by atomic mass is 9.93. The maximum absolute atomic E-state index is 11.2. The molecule has 1 aliphatic rings. The number of halogens is 1. The first kappa shape index (κ1) is 9.53. The van der Waals surface area contributed by atoms with Crippen molar-refractivity contribution in [2.75, 3.05) is 0 Å². The number of cyclic esters (lactones) is 1. The second kappa shape index (κ2) is 3.28. The molecule has 0 radical (unpaired) electrons. The number of benzene rings is 1. The monoisotopic (exact) mass is 210 g/mol. The molecule has 0 saturated carbocycles. The van der Waals surface area contributed by atoms with Gasteiger partial charge in [-0.3, -0.25) is 4.79 Å². The molecule has 0 unspecified atom stereocenters. The van der Waals surface area contributed by atoms with Gasteiger partial charge in [-0.1, -0.05) is 30.3 Å². The number of carbonyl (C=O) groups is 1. The molecule has 1 heterocycles. The average molecular weight is 211 g/mol. The molecule has 3 heteroatoms. The molecule has 2 rings (SSSR count). The molecule has 1 saturated heterocycles. The Kier molecular flexibility index (Phi) is 2.23. The largest absolute Gasteiger partial charge is 0.453 e. The number of hydrogen-bond donors (Lipinski definition) is 0. The summed E-state index contributed by atoms with van der Waals surface area (Å²) >= 11 is 5.82. The first-order valence-corrected chi connectivity index (χ1v) is 4.98. The van der Waals surface area contributed by atoms with Crippen LogP contribution in [0.5, 0.6) is 0 Å². The Balaban J connectivity index is 2.31. The molecule has 0 bridgehead atoms. The van der Waals surface area contributed by atoms with Crippen molar-refractivity contribution in [3.63, 3.8) is 0 Å². The highest BCUT2D eigenvalue weighted by atomic mass is 35.5. The summed E-state index contributed by atoms with van der Waals surface area (Å²) in [6, 6.07) is 9.68. The summed E-state index contributed by atoms with van der Waals surface area (Å²) in [6.45, 7) is 1.89. The summed E-state index contributed by atoms with van der Waals surface area (Å²) in [7, 11) is 0. The molecule has 0 spiro atoms. The average Bonchev–Trinajstić information content (AvgIpc) is 2.44. The van der Waals surface area contributed by atoms with Crippen molar-refractivity contribution >= 4 is 17.6 Å². The Hall–Kier alpha value is -1.02. The van der Waals surface area contributed by atoms with Gasteiger partial charge in [-0.2, -0.15) is 0 Å². The van der Waals surface area contributed by atoms with E-state index in [9.17, 15) is 4.79 Å². The number of rotatable bonds is 1. The summed E-state index contributed by atoms with van der Waals surface area (Å²) in [4.78, 5) is 11.2. The first-order valence-electron chi connectivity index (χ1n) is 4.54. The summed E-state index contributed by atoms with van der Waals surface area (Å²) < 4.78 is 5.28. The Morgan fingerprint density at radius 3 is 2.57 bits per heavy atom. The molecule has 0 aliphatic carbocycles. The van der Waals surface area contributed by atoms with Crippen LogP contribution < -0.4 is 0 Å². The van der Waals surface area contributed by atoms with Crippen LogP contribution in [0.3, 0.4) is 0 Å². The zero-order valence-corrected chi connectivity index (χ0v) is 8.62. The standard InChI is InChI=1S/C11H11ClO2/c1-11(7-9(12)10(13)14-11)8-5-3-2-4-6-8/h2-6,9H,7H2,1H3/t9-,11+/m0/s1. The van der Waals surface area contributed by atoms with Gasteiger partial charge in [0.2, 0.25) is 0 Å². The highest BCUT2D eigenvalue weighted by molar-refractivity contribution is 6.30. The van der Waals surface area contributed by atoms with E-state index in [-0.39, 0.29) is 5.97 Å². The van der Waals surface area contributed by atoms with Gasteiger partial charge in [0.15, 0.2) is 0 Å². The zero-order chi connectivity index (χ0) is 10.2. The molecule has 0 amide bonds. The molecule has 74 valence electrons. The number of alkyl halides is 1. The van der Waals surface area contributed by atoms with E-state index >= 15 is 0 Å². The van der Waals surface area contributed by atoms with Crippen LogP contribution in [-0.2, 0) is 15.1 Å². The fraction of sp³-hybridized carbons (Fsp3) is 0.364. The van der Waals surface area contributed by atoms with Crippen molar-refractivity contribution in [1.82, 2.24) is 0 Å². The fourth-order valence-electron chi connectivity index (χ4n) is 1.72. The second-order valence-electron chi connectivity index (χ2n) is 3.69. The molecule has 1 fully saturated rings. The predicted molar refractivity (Wildman–Crippen MR) is 54.1 cm³/mol. The number of carbonyl (C=O) groups excluding carboxylic acids is 1. The first-order chi connectivity index (χ1) is 6.62. The highest BCUT2D eigenvalue weighted by Gasteiger charge is 2.43. The molecule has 14 heavy (non-hydrogen) atoms. The van der Waals surface area contributed by atoms with E-state index in [0.29, 0.717) is 6.42 Å². The number of hydrogen-bond acceptors (Lipinski definition) is 2. The Labute approximate surface area is 87.8 Å². The Morgan fingerprint density at radius 2 is 2.07 bits per heavy atom. The van der Waals surface area contributed by atoms with Gasteiger partial charge in [-0.25, -0.2) is 0 Å². The normalized spacial score (nSPS) is 31.6. The summed E-state index contributed by atoms with van der Waals surface area (Å²) in [5, 5.41) is -0.514. The molecule has 1 aromatic carbocycles. The van der Waals surface area contributed by atoms with Gasteiger partial charge < -0.3 is 4.74 Å². The highest BCUT2D eigenvalue weighted by Crippen LogP contribution is 2.38. The van der Waals surface area contributed by atoms with Crippen molar-refractivity contribution in [2.24, 2.45) is 0 Å². The van der Waals surface area contributed by atoms with Crippen LogP contribution in [0.1, 0.15) is 18.9 Å². The van der Waals surface area contributed by atoms with E-state index < -0.39 is 11.0 Å². The topological polar surface area (TPSA) is 26.3 Å². The number of esters is 1. The van der Waals surface area contributed by atoms with E-state index in [2.05, 4.69) is 0 Å². The van der Waals surface area contributed by atoms with Crippen molar-refractivity contribution < 1.29 is 9.53 Å². The minimum absolute atomic E-state index is 0.321. The zero-order valence-electron chi connectivity index (χ0n) is 7.87. The Morgan fingerprint density at radius 1 is 1.43 bits per heavy atom. The van der Waals surface area contributed by atoms with Crippen molar-refractivity contribution in [3.8, 4) is 0 Å². The van der Waals surface area contributed by atoms with Gasteiger partial charge in [0.25, 0.3) is 0 Å². The molecule has 2 atom stereocenters. The molecular weight excluding hydrogens is 200 g/mol. The van der Waals surface area contributed by atoms with Gasteiger partial charge >= 0.3 is 5.97 Å². The van der Waals surface area contributed by atoms with Crippen LogP contribution in [0.15, 0.2) is 30.3 Å². The minimum Gasteiger partial charge on any atom is -0.453 e. The summed E-state index contributed by atoms with van der Waals surface area (Å²) in [6.07, 6.45) is 0.539. The van der Waals surface area contributed by atoms with Crippen molar-refractivity contribution in [3.05, 3.63) is 35.9 Å². The van der Waals surface area contributed by atoms with Crippen molar-refractivity contribution in [1.29, 1.82) is 0 Å². The third kappa shape index (κ3) is 1.50. The Bertz CT molecular complexity index is 350. The molecule has 1 aliphatic heterocycles. The summed E-state index contributed by atoms with van der Waals surface area (Å²) in [5.41, 5.74) is 0.446. The van der Waals surface area contributed by atoms with Crippen LogP contribution >= 0.6 is 11.6 Å². The van der Waals surface area contributed by atoms with E-state index in [4.69, 9.17) is 16.3 Å². The van der Waals surface area contributed by atoms with Gasteiger partial charge in [0.1, 0.15) is 11.0 Å². The van der Waals surface area contributed by atoms with Crippen LogP contribution in [0.4, 0.5) is 0 Å². The van der Waals surface area contributed by atoms with Crippen LogP contribution in [0.2, 0.25) is 0 Å². The smallest absolute Gasteiger partial charge is 0.325 e. The van der Waals surface area contributed by atoms with Gasteiger partial charge in [-0.15, -0.1) is 11.6 Å². The maximum Gasteiger partial charge on any atom is 0.325 e. The van der Waals surface area contributed by atoms with Crippen LogP contribution in [0, 0.1) is 0 Å². The predicted octanol–water partition coefficient (Wildman–Crippen LogP) is 2.46. The third-order valence-electron chi connectivity index (χ3n) is 2.53. The molecule has 0 N–H and O–H groups in total. The van der Waals surface area contributed by atoms with Crippen molar-refractivity contribution in [2.45, 2.75) is 24.3 Å². The fourth-order valence-corrected chi connectivity index (χ4v) is 2.06. The minimum atomic E-state index is -0.551. The molecule has 0 aromatic heterocycles. The number of ether oxygens (including phenoxy) is 1. The van der Waals surface area contributed by atoms with Crippen LogP contribution in [-0.4, -0.2) is 11.3 Å². The van der Waals surface area contributed by atoms with Gasteiger partial charge in [0.05, 0.1) is 0 Å². The lowest BCUT2D eigenvalue weighted by molar-refractivity contribution is -0.147. The SMILES string of the molecule is C[C@]1(c2ccccc2)C[C@H](Cl)C(=O)O1. The molecular formula is C11H11ClO2. The van der Waals surface area contributed by atoms with E-state index in [1.807, 2.05) is 37.3 Å². The van der Waals surface area contributed by atoms with E-state index in [1.54, 1.807) is 0 Å². The molecule has 1 aromatic rings. The third-order valence-corrected chi connectivity index (χ3v) is 2.87. The summed E-state index contributed by atoms with van der Waals surface area (Å²) in [5.74, 6) is -0.321. The lowest BCUT2D eigenvalue weighted by Gasteiger charge is -2.22. The quantitative estimate of drug-likeness (QED) is 0.526. The molecule has 2 nitrogen and oxygen atoms in total. The second-order valence-corrected chi connectivity index (χ2v) is 4.22. The van der Waals surface area contributed by atoms with E-state index in [1.165, 1.54) is 0 Å². The van der Waals surface area contributed by atoms with E-state index in [0.717, 1.165) is 5.56 Å². The van der Waals surface area contributed by atoms with Gasteiger partial charge in [-0.05, 0) is 12.5 Å². The lowest BCUT2D eigenvalue weighted by Crippen LogP contribution is -2.20. The van der Waals surface area contributed by atoms with Crippen LogP contribution in [0.25, 0.3) is 0 Å².